The van der Waals surface area contributed by atoms with E-state index in [4.69, 9.17) is 0 Å². The van der Waals surface area contributed by atoms with Gasteiger partial charge in [-0.2, -0.15) is 0 Å². The first-order valence-corrected chi connectivity index (χ1v) is 5.48. The lowest BCUT2D eigenvalue weighted by Crippen LogP contribution is -2.14. The van der Waals surface area contributed by atoms with E-state index in [0.717, 1.165) is 30.3 Å². The number of nitrogens with one attached hydrogen (secondary N) is 1. The number of hydrogen-bond acceptors (Lipinski definition) is 3. The van der Waals surface area contributed by atoms with E-state index >= 15 is 0 Å². The molecule has 0 unspecified atom stereocenters. The fraction of sp³-hybridized carbons (Fsp3) is 0. The third-order valence-corrected chi connectivity index (χ3v) is 2.50. The van der Waals surface area contributed by atoms with E-state index in [9.17, 15) is 23.7 Å². The summed E-state index contributed by atoms with van der Waals surface area (Å²) in [5.41, 5.74) is -0.666. The predicted molar refractivity (Wildman–Crippen MR) is 67.4 cm³/mol. The number of anilines is 1. The number of hydrogen-bond donors (Lipinski definition) is 1. The molecule has 0 fully saturated rings. The van der Waals surface area contributed by atoms with E-state index in [2.05, 4.69) is 5.32 Å². The Labute approximate surface area is 112 Å². The van der Waals surface area contributed by atoms with Crippen LogP contribution in [-0.2, 0) is 0 Å². The molecule has 0 heterocycles. The lowest BCUT2D eigenvalue weighted by molar-refractivity contribution is -0.385. The summed E-state index contributed by atoms with van der Waals surface area (Å²) in [6.45, 7) is 0. The van der Waals surface area contributed by atoms with Crippen LogP contribution in [-0.4, -0.2) is 10.8 Å². The number of carbonyl (C=O) groups excluding carboxylic acids is 1. The monoisotopic (exact) mass is 278 g/mol. The van der Waals surface area contributed by atoms with Gasteiger partial charge < -0.3 is 5.32 Å². The summed E-state index contributed by atoms with van der Waals surface area (Å²) < 4.78 is 25.8. The van der Waals surface area contributed by atoms with Crippen molar-refractivity contribution in [2.75, 3.05) is 5.32 Å². The van der Waals surface area contributed by atoms with Crippen LogP contribution in [0.2, 0.25) is 0 Å². The van der Waals surface area contributed by atoms with Crippen molar-refractivity contribution in [3.63, 3.8) is 0 Å². The molecule has 2 rings (SSSR count). The minimum atomic E-state index is -0.845. The molecule has 0 aliphatic rings. The lowest BCUT2D eigenvalue weighted by atomic mass is 10.1. The average Bonchev–Trinajstić information content (AvgIpc) is 2.41. The maximum Gasteiger partial charge on any atom is 0.282 e. The molecule has 2 aromatic rings. The van der Waals surface area contributed by atoms with E-state index in [1.165, 1.54) is 12.1 Å². The highest BCUT2D eigenvalue weighted by atomic mass is 19.1. The number of rotatable bonds is 3. The molecule has 2 aromatic carbocycles. The van der Waals surface area contributed by atoms with Gasteiger partial charge in [0.2, 0.25) is 0 Å². The fourth-order valence-electron chi connectivity index (χ4n) is 1.58. The highest BCUT2D eigenvalue weighted by Crippen LogP contribution is 2.21. The number of nitro benzene ring substituents is 1. The molecule has 102 valence electrons. The first-order chi connectivity index (χ1) is 9.47. The fourth-order valence-corrected chi connectivity index (χ4v) is 1.58. The van der Waals surface area contributed by atoms with Crippen molar-refractivity contribution in [2.45, 2.75) is 0 Å². The molecule has 20 heavy (non-hydrogen) atoms. The second-order valence-corrected chi connectivity index (χ2v) is 3.88. The number of amides is 1. The molecule has 0 saturated carbocycles. The molecule has 1 N–H and O–H groups in total. The van der Waals surface area contributed by atoms with E-state index in [-0.39, 0.29) is 5.69 Å². The van der Waals surface area contributed by atoms with Gasteiger partial charge in [-0.25, -0.2) is 8.78 Å². The standard InChI is InChI=1S/C13H8F2N2O3/c14-8-1-4-10(5-2-8)16-13(18)11-7-9(15)3-6-12(11)17(19)20/h1-7H,(H,16,18). The Kier molecular flexibility index (Phi) is 3.69. The molecule has 0 radical (unpaired) electrons. The molecular weight excluding hydrogens is 270 g/mol. The summed E-state index contributed by atoms with van der Waals surface area (Å²) >= 11 is 0. The topological polar surface area (TPSA) is 72.2 Å². The maximum atomic E-state index is 13.1. The Balaban J connectivity index is 2.31. The van der Waals surface area contributed by atoms with Crippen molar-refractivity contribution in [1.82, 2.24) is 0 Å². The second kappa shape index (κ2) is 5.43. The van der Waals surface area contributed by atoms with Gasteiger partial charge in [0.05, 0.1) is 4.92 Å². The molecular formula is C13H8F2N2O3. The van der Waals surface area contributed by atoms with Crippen LogP contribution in [0.5, 0.6) is 0 Å². The van der Waals surface area contributed by atoms with Gasteiger partial charge in [-0.05, 0) is 36.4 Å². The van der Waals surface area contributed by atoms with Crippen molar-refractivity contribution in [3.05, 3.63) is 69.8 Å². The van der Waals surface area contributed by atoms with E-state index in [1.807, 2.05) is 0 Å². The zero-order valence-corrected chi connectivity index (χ0v) is 9.97. The summed E-state index contributed by atoms with van der Waals surface area (Å²) in [6, 6.07) is 7.40. The van der Waals surface area contributed by atoms with Crippen LogP contribution in [0.4, 0.5) is 20.2 Å². The number of benzene rings is 2. The van der Waals surface area contributed by atoms with Crippen LogP contribution in [0, 0.1) is 21.7 Å². The number of nitrogens with zero attached hydrogens (tertiary/aromatic N) is 1. The number of nitro groups is 1. The normalized spacial score (nSPS) is 10.1. The molecule has 5 nitrogen and oxygen atoms in total. The largest absolute Gasteiger partial charge is 0.322 e. The van der Waals surface area contributed by atoms with Gasteiger partial charge in [0.25, 0.3) is 11.6 Å². The van der Waals surface area contributed by atoms with Gasteiger partial charge in [-0.1, -0.05) is 0 Å². The summed E-state index contributed by atoms with van der Waals surface area (Å²) in [5.74, 6) is -2.10. The quantitative estimate of drug-likeness (QED) is 0.692. The minimum Gasteiger partial charge on any atom is -0.322 e. The average molecular weight is 278 g/mol. The second-order valence-electron chi connectivity index (χ2n) is 3.88. The highest BCUT2D eigenvalue weighted by Gasteiger charge is 2.20. The van der Waals surface area contributed by atoms with Gasteiger partial charge in [0.15, 0.2) is 0 Å². The Morgan fingerprint density at radius 2 is 1.65 bits per heavy atom. The zero-order valence-electron chi connectivity index (χ0n) is 9.97. The summed E-state index contributed by atoms with van der Waals surface area (Å²) in [7, 11) is 0. The summed E-state index contributed by atoms with van der Waals surface area (Å²) in [6.07, 6.45) is 0. The van der Waals surface area contributed by atoms with E-state index in [1.54, 1.807) is 0 Å². The number of halogens is 2. The molecule has 0 aliphatic carbocycles. The highest BCUT2D eigenvalue weighted by molar-refractivity contribution is 6.07. The SMILES string of the molecule is O=C(Nc1ccc(F)cc1)c1cc(F)ccc1[N+](=O)[O-]. The molecule has 1 amide bonds. The van der Waals surface area contributed by atoms with Crippen molar-refractivity contribution in [2.24, 2.45) is 0 Å². The molecule has 0 spiro atoms. The van der Waals surface area contributed by atoms with Crippen LogP contribution in [0.3, 0.4) is 0 Å². The first kappa shape index (κ1) is 13.6. The third kappa shape index (κ3) is 2.94. The number of carbonyl (C=O) groups is 1. The molecule has 0 saturated heterocycles. The van der Waals surface area contributed by atoms with Gasteiger partial charge in [0.1, 0.15) is 17.2 Å². The van der Waals surface area contributed by atoms with Crippen LogP contribution in [0.25, 0.3) is 0 Å². The van der Waals surface area contributed by atoms with Crippen molar-refractivity contribution in [3.8, 4) is 0 Å². The molecule has 0 atom stereocenters. The van der Waals surface area contributed by atoms with Gasteiger partial charge >= 0.3 is 0 Å². The van der Waals surface area contributed by atoms with Crippen molar-refractivity contribution in [1.29, 1.82) is 0 Å². The predicted octanol–water partition coefficient (Wildman–Crippen LogP) is 3.13. The molecule has 0 bridgehead atoms. The van der Waals surface area contributed by atoms with Crippen molar-refractivity contribution < 1.29 is 18.5 Å². The van der Waals surface area contributed by atoms with Gasteiger partial charge in [0, 0.05) is 11.8 Å². The lowest BCUT2D eigenvalue weighted by Gasteiger charge is -2.06. The van der Waals surface area contributed by atoms with Gasteiger partial charge in [-0.15, -0.1) is 0 Å². The van der Waals surface area contributed by atoms with Crippen LogP contribution < -0.4 is 5.32 Å². The Morgan fingerprint density at radius 1 is 1.05 bits per heavy atom. The first-order valence-electron chi connectivity index (χ1n) is 5.48. The third-order valence-electron chi connectivity index (χ3n) is 2.50. The maximum absolute atomic E-state index is 13.1. The van der Waals surface area contributed by atoms with Crippen LogP contribution in [0.15, 0.2) is 42.5 Å². The summed E-state index contributed by atoms with van der Waals surface area (Å²) in [5, 5.41) is 13.1. The summed E-state index contributed by atoms with van der Waals surface area (Å²) in [4.78, 5) is 21.9. The Morgan fingerprint density at radius 3 is 2.25 bits per heavy atom. The molecule has 0 aliphatic heterocycles. The van der Waals surface area contributed by atoms with Crippen LogP contribution >= 0.6 is 0 Å². The molecule has 7 heteroatoms. The van der Waals surface area contributed by atoms with Crippen LogP contribution in [0.1, 0.15) is 10.4 Å². The smallest absolute Gasteiger partial charge is 0.282 e. The van der Waals surface area contributed by atoms with E-state index < -0.39 is 33.7 Å². The van der Waals surface area contributed by atoms with Crippen molar-refractivity contribution >= 4 is 17.3 Å². The van der Waals surface area contributed by atoms with E-state index in [0.29, 0.717) is 0 Å². The minimum absolute atomic E-state index is 0.245. The molecule has 0 aromatic heterocycles. The Hall–Kier alpha value is -2.83. The van der Waals surface area contributed by atoms with Gasteiger partial charge in [-0.3, -0.25) is 14.9 Å². The zero-order chi connectivity index (χ0) is 14.7. The Bertz CT molecular complexity index is 672.